The molecule has 1 rings (SSSR count). The third kappa shape index (κ3) is 3.16. The molecule has 0 heterocycles. The zero-order valence-electron chi connectivity index (χ0n) is 7.78. The standard InChI is InChI=1S/C10H18ClN/c1-2-4-10(5-6-10)9-12-8-3-7-11/h3,7,12H,2,4-6,8-9H2,1H3/b7-3+. The predicted molar refractivity (Wildman–Crippen MR) is 54.4 cm³/mol. The fourth-order valence-corrected chi connectivity index (χ4v) is 1.78. The highest BCUT2D eigenvalue weighted by Gasteiger charge is 2.40. The first-order chi connectivity index (χ1) is 5.83. The lowest BCUT2D eigenvalue weighted by atomic mass is 10.0. The van der Waals surface area contributed by atoms with Gasteiger partial charge in [0, 0.05) is 18.6 Å². The zero-order chi connectivity index (χ0) is 8.86. The molecule has 1 aliphatic rings. The maximum atomic E-state index is 5.41. The molecule has 1 N–H and O–H groups in total. The van der Waals surface area contributed by atoms with Crippen molar-refractivity contribution in [3.05, 3.63) is 11.6 Å². The van der Waals surface area contributed by atoms with Gasteiger partial charge in [-0.25, -0.2) is 0 Å². The minimum atomic E-state index is 0.662. The fourth-order valence-electron chi connectivity index (χ4n) is 1.69. The van der Waals surface area contributed by atoms with Gasteiger partial charge in [-0.2, -0.15) is 0 Å². The summed E-state index contributed by atoms with van der Waals surface area (Å²) in [6.07, 6.45) is 7.47. The lowest BCUT2D eigenvalue weighted by molar-refractivity contribution is 0.431. The Balaban J connectivity index is 2.05. The van der Waals surface area contributed by atoms with Crippen LogP contribution in [0.4, 0.5) is 0 Å². The Morgan fingerprint density at radius 1 is 1.50 bits per heavy atom. The monoisotopic (exact) mass is 187 g/mol. The van der Waals surface area contributed by atoms with Crippen LogP contribution >= 0.6 is 11.6 Å². The van der Waals surface area contributed by atoms with Gasteiger partial charge in [0.1, 0.15) is 0 Å². The molecular formula is C10H18ClN. The molecular weight excluding hydrogens is 170 g/mol. The molecule has 1 nitrogen and oxygen atoms in total. The van der Waals surface area contributed by atoms with Gasteiger partial charge in [-0.3, -0.25) is 0 Å². The first-order valence-electron chi connectivity index (χ1n) is 4.79. The van der Waals surface area contributed by atoms with Gasteiger partial charge in [0.25, 0.3) is 0 Å². The molecule has 0 aromatic heterocycles. The number of rotatable bonds is 6. The van der Waals surface area contributed by atoms with Crippen LogP contribution in [-0.4, -0.2) is 13.1 Å². The van der Waals surface area contributed by atoms with E-state index in [9.17, 15) is 0 Å². The van der Waals surface area contributed by atoms with E-state index in [2.05, 4.69) is 12.2 Å². The molecule has 0 saturated heterocycles. The first-order valence-corrected chi connectivity index (χ1v) is 5.22. The van der Waals surface area contributed by atoms with Gasteiger partial charge in [0.05, 0.1) is 0 Å². The largest absolute Gasteiger partial charge is 0.313 e. The molecule has 0 amide bonds. The lowest BCUT2D eigenvalue weighted by Gasteiger charge is -2.13. The number of nitrogens with one attached hydrogen (secondary N) is 1. The van der Waals surface area contributed by atoms with E-state index in [-0.39, 0.29) is 0 Å². The van der Waals surface area contributed by atoms with Crippen molar-refractivity contribution in [2.24, 2.45) is 5.41 Å². The zero-order valence-corrected chi connectivity index (χ0v) is 8.53. The highest BCUT2D eigenvalue weighted by molar-refractivity contribution is 6.25. The molecule has 0 unspecified atom stereocenters. The summed E-state index contributed by atoms with van der Waals surface area (Å²) in [5, 5.41) is 3.40. The van der Waals surface area contributed by atoms with E-state index in [0.717, 1.165) is 6.54 Å². The molecule has 0 spiro atoms. The highest BCUT2D eigenvalue weighted by Crippen LogP contribution is 2.48. The van der Waals surface area contributed by atoms with Crippen LogP contribution < -0.4 is 5.32 Å². The molecule has 0 radical (unpaired) electrons. The van der Waals surface area contributed by atoms with Crippen LogP contribution in [0.1, 0.15) is 32.6 Å². The highest BCUT2D eigenvalue weighted by atomic mass is 35.5. The summed E-state index contributed by atoms with van der Waals surface area (Å²) >= 11 is 5.41. The third-order valence-electron chi connectivity index (χ3n) is 2.59. The normalized spacial score (nSPS) is 20.2. The van der Waals surface area contributed by atoms with Gasteiger partial charge in [0.15, 0.2) is 0 Å². The van der Waals surface area contributed by atoms with Gasteiger partial charge < -0.3 is 5.32 Å². The van der Waals surface area contributed by atoms with Gasteiger partial charge in [-0.15, -0.1) is 0 Å². The smallest absolute Gasteiger partial charge is 0.0146 e. The SMILES string of the molecule is CCCC1(CNC/C=C/Cl)CC1. The Labute approximate surface area is 80.2 Å². The van der Waals surface area contributed by atoms with Crippen molar-refractivity contribution in [2.45, 2.75) is 32.6 Å². The van der Waals surface area contributed by atoms with E-state index in [1.165, 1.54) is 32.2 Å². The summed E-state index contributed by atoms with van der Waals surface area (Å²) in [6.45, 7) is 4.34. The van der Waals surface area contributed by atoms with Crippen LogP contribution in [0.3, 0.4) is 0 Å². The molecule has 0 bridgehead atoms. The predicted octanol–water partition coefficient (Wildman–Crippen LogP) is 2.91. The summed E-state index contributed by atoms with van der Waals surface area (Å²) in [6, 6.07) is 0. The van der Waals surface area contributed by atoms with Crippen LogP contribution in [-0.2, 0) is 0 Å². The molecule has 1 aliphatic carbocycles. The van der Waals surface area contributed by atoms with Crippen LogP contribution in [0.5, 0.6) is 0 Å². The second-order valence-electron chi connectivity index (χ2n) is 3.74. The van der Waals surface area contributed by atoms with Gasteiger partial charge >= 0.3 is 0 Å². The van der Waals surface area contributed by atoms with Crippen molar-refractivity contribution in [3.8, 4) is 0 Å². The second kappa shape index (κ2) is 4.88. The van der Waals surface area contributed by atoms with E-state index in [1.54, 1.807) is 5.54 Å². The molecule has 2 heteroatoms. The minimum absolute atomic E-state index is 0.662. The average molecular weight is 188 g/mol. The number of halogens is 1. The number of hydrogen-bond donors (Lipinski definition) is 1. The maximum Gasteiger partial charge on any atom is 0.0146 e. The fraction of sp³-hybridized carbons (Fsp3) is 0.800. The summed E-state index contributed by atoms with van der Waals surface area (Å²) in [7, 11) is 0. The van der Waals surface area contributed by atoms with Gasteiger partial charge in [-0.05, 0) is 24.7 Å². The van der Waals surface area contributed by atoms with Gasteiger partial charge in [-0.1, -0.05) is 31.0 Å². The van der Waals surface area contributed by atoms with E-state index in [0.29, 0.717) is 5.41 Å². The molecule has 0 aromatic rings. The Bertz CT molecular complexity index is 150. The third-order valence-corrected chi connectivity index (χ3v) is 2.77. The van der Waals surface area contributed by atoms with Crippen LogP contribution in [0.25, 0.3) is 0 Å². The molecule has 0 aliphatic heterocycles. The van der Waals surface area contributed by atoms with Crippen LogP contribution in [0.15, 0.2) is 11.6 Å². The summed E-state index contributed by atoms with van der Waals surface area (Å²) in [5.74, 6) is 0. The Morgan fingerprint density at radius 2 is 2.25 bits per heavy atom. The molecule has 0 aromatic carbocycles. The van der Waals surface area contributed by atoms with E-state index in [4.69, 9.17) is 11.6 Å². The quantitative estimate of drug-likeness (QED) is 0.631. The van der Waals surface area contributed by atoms with E-state index < -0.39 is 0 Å². The number of hydrogen-bond acceptors (Lipinski definition) is 1. The van der Waals surface area contributed by atoms with Crippen molar-refractivity contribution in [2.75, 3.05) is 13.1 Å². The van der Waals surface area contributed by atoms with Crippen molar-refractivity contribution >= 4 is 11.6 Å². The van der Waals surface area contributed by atoms with Crippen molar-refractivity contribution in [1.29, 1.82) is 0 Å². The molecule has 1 fully saturated rings. The van der Waals surface area contributed by atoms with Crippen LogP contribution in [0.2, 0.25) is 0 Å². The van der Waals surface area contributed by atoms with Crippen molar-refractivity contribution < 1.29 is 0 Å². The minimum Gasteiger partial charge on any atom is -0.313 e. The Kier molecular flexibility index (Phi) is 4.10. The second-order valence-corrected chi connectivity index (χ2v) is 3.99. The van der Waals surface area contributed by atoms with Gasteiger partial charge in [0.2, 0.25) is 0 Å². The molecule has 12 heavy (non-hydrogen) atoms. The summed E-state index contributed by atoms with van der Waals surface area (Å²) < 4.78 is 0. The average Bonchev–Trinajstić information content (AvgIpc) is 2.81. The topological polar surface area (TPSA) is 12.0 Å². The van der Waals surface area contributed by atoms with E-state index >= 15 is 0 Å². The lowest BCUT2D eigenvalue weighted by Crippen LogP contribution is -2.23. The Morgan fingerprint density at radius 3 is 2.75 bits per heavy atom. The molecule has 70 valence electrons. The summed E-state index contributed by atoms with van der Waals surface area (Å²) in [5.41, 5.74) is 2.24. The molecule has 1 saturated carbocycles. The summed E-state index contributed by atoms with van der Waals surface area (Å²) in [4.78, 5) is 0. The Hall–Kier alpha value is -0.0100. The first kappa shape index (κ1) is 10.1. The van der Waals surface area contributed by atoms with Crippen LogP contribution in [0, 0.1) is 5.41 Å². The molecule has 0 atom stereocenters. The van der Waals surface area contributed by atoms with E-state index in [1.807, 2.05) is 6.08 Å². The van der Waals surface area contributed by atoms with Crippen molar-refractivity contribution in [3.63, 3.8) is 0 Å². The van der Waals surface area contributed by atoms with Crippen molar-refractivity contribution in [1.82, 2.24) is 5.32 Å². The maximum absolute atomic E-state index is 5.41.